The van der Waals surface area contributed by atoms with Crippen LogP contribution >= 0.6 is 0 Å². The molecule has 0 saturated carbocycles. The number of aromatic nitrogens is 2. The number of nitrogens with zero attached hydrogens (tertiary/aromatic N) is 2. The monoisotopic (exact) mass is 246 g/mol. The number of rotatable bonds is 5. The molecule has 0 spiro atoms. The van der Waals surface area contributed by atoms with E-state index < -0.39 is 0 Å². The van der Waals surface area contributed by atoms with Gasteiger partial charge in [0.25, 0.3) is 5.69 Å². The van der Waals surface area contributed by atoms with Gasteiger partial charge in [-0.15, -0.1) is 0 Å². The molecule has 0 amide bonds. The highest BCUT2D eigenvalue weighted by Gasteiger charge is 2.05. The Morgan fingerprint density at radius 1 is 1.44 bits per heavy atom. The predicted octanol–water partition coefficient (Wildman–Crippen LogP) is 1.92. The van der Waals surface area contributed by atoms with Crippen LogP contribution in [0, 0.1) is 17.0 Å². The van der Waals surface area contributed by atoms with E-state index in [0.717, 1.165) is 17.0 Å². The van der Waals surface area contributed by atoms with Gasteiger partial charge in [0.1, 0.15) is 0 Å². The second kappa shape index (κ2) is 5.42. The van der Waals surface area contributed by atoms with Crippen molar-refractivity contribution in [2.24, 2.45) is 0 Å². The zero-order valence-electron chi connectivity index (χ0n) is 10.0. The van der Waals surface area contributed by atoms with Crippen LogP contribution in [0.5, 0.6) is 0 Å². The molecule has 6 nitrogen and oxygen atoms in total. The first-order valence-corrected chi connectivity index (χ1v) is 5.59. The molecule has 2 N–H and O–H groups in total. The maximum absolute atomic E-state index is 10.6. The average molecular weight is 246 g/mol. The van der Waals surface area contributed by atoms with Crippen LogP contribution in [0.25, 0.3) is 0 Å². The highest BCUT2D eigenvalue weighted by atomic mass is 16.6. The van der Waals surface area contributed by atoms with Crippen molar-refractivity contribution in [3.05, 3.63) is 57.7 Å². The summed E-state index contributed by atoms with van der Waals surface area (Å²) >= 11 is 0. The molecule has 6 heteroatoms. The highest BCUT2D eigenvalue weighted by Crippen LogP contribution is 2.12. The van der Waals surface area contributed by atoms with Crippen molar-refractivity contribution >= 4 is 5.69 Å². The molecule has 0 radical (unpaired) electrons. The van der Waals surface area contributed by atoms with Crippen molar-refractivity contribution in [3.8, 4) is 0 Å². The molecule has 0 aliphatic rings. The van der Waals surface area contributed by atoms with E-state index >= 15 is 0 Å². The fourth-order valence-corrected chi connectivity index (χ4v) is 1.67. The van der Waals surface area contributed by atoms with Gasteiger partial charge in [-0.25, -0.2) is 4.98 Å². The smallest absolute Gasteiger partial charge is 0.269 e. The third kappa shape index (κ3) is 2.92. The Morgan fingerprint density at radius 3 is 2.94 bits per heavy atom. The van der Waals surface area contributed by atoms with Gasteiger partial charge in [0.2, 0.25) is 0 Å². The van der Waals surface area contributed by atoms with Gasteiger partial charge in [0.05, 0.1) is 16.9 Å². The third-order valence-electron chi connectivity index (χ3n) is 2.68. The Kier molecular flexibility index (Phi) is 3.69. The normalized spacial score (nSPS) is 10.5. The third-order valence-corrected chi connectivity index (χ3v) is 2.68. The largest absolute Gasteiger partial charge is 0.348 e. The van der Waals surface area contributed by atoms with Crippen LogP contribution in [0.4, 0.5) is 5.69 Å². The van der Waals surface area contributed by atoms with Crippen LogP contribution in [0.3, 0.4) is 0 Å². The minimum Gasteiger partial charge on any atom is -0.348 e. The summed E-state index contributed by atoms with van der Waals surface area (Å²) in [6.07, 6.45) is 1.65. The SMILES string of the molecule is Cc1[nH]cnc1CNCc1cccc([N+](=O)[O-])c1. The van der Waals surface area contributed by atoms with Crippen LogP contribution in [0.1, 0.15) is 17.0 Å². The lowest BCUT2D eigenvalue weighted by Crippen LogP contribution is -2.13. The van der Waals surface area contributed by atoms with E-state index in [0.29, 0.717) is 13.1 Å². The van der Waals surface area contributed by atoms with Crippen LogP contribution in [0.15, 0.2) is 30.6 Å². The van der Waals surface area contributed by atoms with Crippen LogP contribution in [-0.4, -0.2) is 14.9 Å². The molecular weight excluding hydrogens is 232 g/mol. The van der Waals surface area contributed by atoms with Gasteiger partial charge >= 0.3 is 0 Å². The zero-order valence-corrected chi connectivity index (χ0v) is 10.0. The minimum atomic E-state index is -0.388. The molecule has 0 saturated heterocycles. The molecular formula is C12H14N4O2. The number of nitro groups is 1. The number of imidazole rings is 1. The Bertz CT molecular complexity index is 551. The lowest BCUT2D eigenvalue weighted by molar-refractivity contribution is -0.384. The Balaban J connectivity index is 1.92. The first-order chi connectivity index (χ1) is 8.66. The summed E-state index contributed by atoms with van der Waals surface area (Å²) in [5.41, 5.74) is 2.99. The number of aryl methyl sites for hydroxylation is 1. The van der Waals surface area contributed by atoms with E-state index in [-0.39, 0.29) is 10.6 Å². The minimum absolute atomic E-state index is 0.116. The molecule has 0 atom stereocenters. The summed E-state index contributed by atoms with van der Waals surface area (Å²) in [6.45, 7) is 3.17. The number of hydrogen-bond donors (Lipinski definition) is 2. The van der Waals surface area contributed by atoms with Crippen LogP contribution in [0.2, 0.25) is 0 Å². The molecule has 0 bridgehead atoms. The fourth-order valence-electron chi connectivity index (χ4n) is 1.67. The lowest BCUT2D eigenvalue weighted by atomic mass is 10.2. The Hall–Kier alpha value is -2.21. The highest BCUT2D eigenvalue weighted by molar-refractivity contribution is 5.34. The van der Waals surface area contributed by atoms with Crippen molar-refractivity contribution in [1.82, 2.24) is 15.3 Å². The number of benzene rings is 1. The van der Waals surface area contributed by atoms with Gasteiger partial charge in [-0.2, -0.15) is 0 Å². The molecule has 0 unspecified atom stereocenters. The summed E-state index contributed by atoms with van der Waals surface area (Å²) in [4.78, 5) is 17.4. The molecule has 0 fully saturated rings. The van der Waals surface area contributed by atoms with E-state index in [4.69, 9.17) is 0 Å². The molecule has 1 aromatic carbocycles. The van der Waals surface area contributed by atoms with Crippen molar-refractivity contribution in [3.63, 3.8) is 0 Å². The first kappa shape index (κ1) is 12.3. The summed E-state index contributed by atoms with van der Waals surface area (Å²) < 4.78 is 0. The summed E-state index contributed by atoms with van der Waals surface area (Å²) in [5, 5.41) is 13.8. The van der Waals surface area contributed by atoms with E-state index in [9.17, 15) is 10.1 Å². The molecule has 2 rings (SSSR count). The summed E-state index contributed by atoms with van der Waals surface area (Å²) in [7, 11) is 0. The van der Waals surface area contributed by atoms with E-state index in [1.807, 2.05) is 13.0 Å². The predicted molar refractivity (Wildman–Crippen MR) is 67.0 cm³/mol. The number of non-ortho nitro benzene ring substituents is 1. The molecule has 94 valence electrons. The summed E-state index contributed by atoms with van der Waals surface area (Å²) in [6, 6.07) is 6.61. The van der Waals surface area contributed by atoms with Gasteiger partial charge in [-0.3, -0.25) is 10.1 Å². The standard InChI is InChI=1S/C12H14N4O2/c1-9-12(15-8-14-9)7-13-6-10-3-2-4-11(5-10)16(17)18/h2-5,8,13H,6-7H2,1H3,(H,14,15). The van der Waals surface area contributed by atoms with Crippen molar-refractivity contribution in [2.45, 2.75) is 20.0 Å². The fraction of sp³-hybridized carbons (Fsp3) is 0.250. The van der Waals surface area contributed by atoms with Crippen molar-refractivity contribution in [2.75, 3.05) is 0 Å². The van der Waals surface area contributed by atoms with Gasteiger partial charge in [0, 0.05) is 30.9 Å². The van der Waals surface area contributed by atoms with Crippen LogP contribution < -0.4 is 5.32 Å². The summed E-state index contributed by atoms with van der Waals surface area (Å²) in [5.74, 6) is 0. The number of aromatic amines is 1. The van der Waals surface area contributed by atoms with Crippen LogP contribution in [-0.2, 0) is 13.1 Å². The van der Waals surface area contributed by atoms with Gasteiger partial charge < -0.3 is 10.3 Å². The van der Waals surface area contributed by atoms with Gasteiger partial charge in [0.15, 0.2) is 0 Å². The van der Waals surface area contributed by atoms with E-state index in [1.54, 1.807) is 18.5 Å². The maximum atomic E-state index is 10.6. The first-order valence-electron chi connectivity index (χ1n) is 5.59. The number of nitrogens with one attached hydrogen (secondary N) is 2. The number of nitro benzene ring substituents is 1. The van der Waals surface area contributed by atoms with E-state index in [1.165, 1.54) is 6.07 Å². The van der Waals surface area contributed by atoms with Crippen molar-refractivity contribution < 1.29 is 4.92 Å². The average Bonchev–Trinajstić information content (AvgIpc) is 2.76. The second-order valence-corrected chi connectivity index (χ2v) is 4.00. The van der Waals surface area contributed by atoms with Gasteiger partial charge in [-0.05, 0) is 12.5 Å². The molecule has 1 aromatic heterocycles. The quantitative estimate of drug-likeness (QED) is 0.623. The van der Waals surface area contributed by atoms with Gasteiger partial charge in [-0.1, -0.05) is 12.1 Å². The number of H-pyrrole nitrogens is 1. The lowest BCUT2D eigenvalue weighted by Gasteiger charge is -2.03. The molecule has 2 aromatic rings. The maximum Gasteiger partial charge on any atom is 0.269 e. The Morgan fingerprint density at radius 2 is 2.28 bits per heavy atom. The molecule has 0 aliphatic heterocycles. The topological polar surface area (TPSA) is 83.8 Å². The molecule has 1 heterocycles. The Labute approximate surface area is 104 Å². The van der Waals surface area contributed by atoms with Crippen molar-refractivity contribution in [1.29, 1.82) is 0 Å². The molecule has 18 heavy (non-hydrogen) atoms. The second-order valence-electron chi connectivity index (χ2n) is 4.00. The van der Waals surface area contributed by atoms with E-state index in [2.05, 4.69) is 15.3 Å². The zero-order chi connectivity index (χ0) is 13.0. The number of hydrogen-bond acceptors (Lipinski definition) is 4. The molecule has 0 aliphatic carbocycles.